The van der Waals surface area contributed by atoms with Gasteiger partial charge in [0.2, 0.25) is 0 Å². The summed E-state index contributed by atoms with van der Waals surface area (Å²) in [5, 5.41) is 27.6. The summed E-state index contributed by atoms with van der Waals surface area (Å²) in [6, 6.07) is 2.03. The van der Waals surface area contributed by atoms with E-state index in [0.29, 0.717) is 24.3 Å². The molecule has 2 saturated carbocycles. The Hall–Kier alpha value is -1.86. The van der Waals surface area contributed by atoms with Gasteiger partial charge in [-0.3, -0.25) is 0 Å². The van der Waals surface area contributed by atoms with Crippen molar-refractivity contribution in [1.29, 1.82) is 0 Å². The molecule has 0 unspecified atom stereocenters. The second kappa shape index (κ2) is 5.57. The number of H-pyrrole nitrogens is 1. The molecule has 2 aromatic rings. The Bertz CT molecular complexity index is 897. The lowest BCUT2D eigenvalue weighted by molar-refractivity contribution is -0.00749. The number of pyridine rings is 1. The molecule has 0 saturated heterocycles. The molecule has 2 bridgehead atoms. The fourth-order valence-corrected chi connectivity index (χ4v) is 5.71. The molecule has 0 aromatic carbocycles. The molecule has 1 aliphatic heterocycles. The summed E-state index contributed by atoms with van der Waals surface area (Å²) in [6.45, 7) is 4.90. The number of aromatic amines is 1. The van der Waals surface area contributed by atoms with E-state index < -0.39 is 12.7 Å². The first kappa shape index (κ1) is 16.3. The Morgan fingerprint density at radius 2 is 2.27 bits per heavy atom. The van der Waals surface area contributed by atoms with Crippen molar-refractivity contribution in [2.24, 2.45) is 22.9 Å². The molecule has 7 heteroatoms. The number of hydrogen-bond acceptors (Lipinski definition) is 5. The Balaban J connectivity index is 1.69. The Labute approximate surface area is 153 Å². The first-order valence-corrected chi connectivity index (χ1v) is 9.72. The third kappa shape index (κ3) is 2.20. The monoisotopic (exact) mass is 352 g/mol. The topological polar surface area (TPSA) is 84.7 Å². The van der Waals surface area contributed by atoms with Gasteiger partial charge in [0.1, 0.15) is 5.65 Å². The molecule has 2 aliphatic carbocycles. The maximum Gasteiger partial charge on any atom is 0.468 e. The number of nitrogens with zero attached hydrogens (tertiary/aromatic N) is 3. The van der Waals surface area contributed by atoms with Crippen molar-refractivity contribution in [3.05, 3.63) is 24.0 Å². The molecular weight excluding hydrogens is 327 g/mol. The standard InChI is InChI=1S/C19H25BN4O2/c1-3-24-20(26)14-10-22-18-13(5-7-21-18)16(14)17(23-24)15-11(2)8-19(25)6-4-12(15)9-19/h5,7,10-12,15,25-26H,3-4,6,8-9H2,1-2H3,(H,21,22)/t11-,12-,15+,19+/m0/s1. The summed E-state index contributed by atoms with van der Waals surface area (Å²) >= 11 is 0. The highest BCUT2D eigenvalue weighted by molar-refractivity contribution is 6.66. The smallest absolute Gasteiger partial charge is 0.428 e. The van der Waals surface area contributed by atoms with Gasteiger partial charge in [-0.2, -0.15) is 5.10 Å². The van der Waals surface area contributed by atoms with Crippen molar-refractivity contribution in [3.8, 4) is 0 Å². The maximum absolute atomic E-state index is 10.8. The van der Waals surface area contributed by atoms with E-state index in [9.17, 15) is 10.1 Å². The molecule has 3 aliphatic rings. The number of fused-ring (bicyclic) bond motifs is 5. The fraction of sp³-hybridized carbons (Fsp3) is 0.579. The zero-order chi connectivity index (χ0) is 18.1. The van der Waals surface area contributed by atoms with Crippen LogP contribution in [0.2, 0.25) is 0 Å². The lowest BCUT2D eigenvalue weighted by atomic mass is 9.63. The van der Waals surface area contributed by atoms with E-state index >= 15 is 0 Å². The quantitative estimate of drug-likeness (QED) is 0.715. The van der Waals surface area contributed by atoms with Crippen molar-refractivity contribution in [2.75, 3.05) is 6.54 Å². The van der Waals surface area contributed by atoms with Crippen LogP contribution >= 0.6 is 0 Å². The molecule has 26 heavy (non-hydrogen) atoms. The van der Waals surface area contributed by atoms with Crippen molar-refractivity contribution in [2.45, 2.75) is 45.1 Å². The van der Waals surface area contributed by atoms with Crippen LogP contribution in [0.5, 0.6) is 0 Å². The summed E-state index contributed by atoms with van der Waals surface area (Å²) in [6.07, 6.45) is 7.33. The van der Waals surface area contributed by atoms with Gasteiger partial charge in [-0.15, -0.1) is 0 Å². The van der Waals surface area contributed by atoms with Crippen LogP contribution in [-0.4, -0.2) is 49.9 Å². The first-order valence-electron chi connectivity index (χ1n) is 9.72. The summed E-state index contributed by atoms with van der Waals surface area (Å²) < 4.78 is 0. The molecule has 2 aromatic heterocycles. The summed E-state index contributed by atoms with van der Waals surface area (Å²) in [7, 11) is -0.759. The molecule has 0 radical (unpaired) electrons. The fourth-order valence-electron chi connectivity index (χ4n) is 5.71. The average molecular weight is 352 g/mol. The minimum absolute atomic E-state index is 0.304. The van der Waals surface area contributed by atoms with Gasteiger partial charge in [0.15, 0.2) is 0 Å². The third-order valence-electron chi connectivity index (χ3n) is 6.75. The molecule has 0 spiro atoms. The van der Waals surface area contributed by atoms with Gasteiger partial charge >= 0.3 is 7.05 Å². The van der Waals surface area contributed by atoms with Crippen LogP contribution in [0.25, 0.3) is 11.0 Å². The lowest BCUT2D eigenvalue weighted by Gasteiger charge is -2.41. The number of aromatic nitrogens is 2. The second-order valence-electron chi connectivity index (χ2n) is 8.38. The van der Waals surface area contributed by atoms with Gasteiger partial charge < -0.3 is 20.0 Å². The van der Waals surface area contributed by atoms with Gasteiger partial charge in [-0.1, -0.05) is 6.92 Å². The molecule has 0 amide bonds. The summed E-state index contributed by atoms with van der Waals surface area (Å²) in [4.78, 5) is 9.44. The molecular formula is C19H25BN4O2. The number of hydrazone groups is 1. The zero-order valence-corrected chi connectivity index (χ0v) is 15.3. The molecule has 4 atom stereocenters. The van der Waals surface area contributed by atoms with Crippen LogP contribution in [0.4, 0.5) is 0 Å². The number of rotatable bonds is 2. The van der Waals surface area contributed by atoms with E-state index in [1.54, 1.807) is 11.1 Å². The van der Waals surface area contributed by atoms with Crippen LogP contribution in [0.3, 0.4) is 0 Å². The zero-order valence-electron chi connectivity index (χ0n) is 15.3. The highest BCUT2D eigenvalue weighted by Gasteiger charge is 2.51. The summed E-state index contributed by atoms with van der Waals surface area (Å²) in [5.74, 6) is 1.12. The highest BCUT2D eigenvalue weighted by Crippen LogP contribution is 2.52. The van der Waals surface area contributed by atoms with Gasteiger partial charge in [0, 0.05) is 41.3 Å². The van der Waals surface area contributed by atoms with Gasteiger partial charge in [0.25, 0.3) is 0 Å². The molecule has 5 rings (SSSR count). The van der Waals surface area contributed by atoms with E-state index in [1.807, 2.05) is 19.2 Å². The summed E-state index contributed by atoms with van der Waals surface area (Å²) in [5.41, 5.74) is 3.31. The van der Waals surface area contributed by atoms with E-state index in [0.717, 1.165) is 53.5 Å². The SMILES string of the molecule is CCN1N=C([C@H]2[C@H]3CC[C@](O)(C3)C[C@@H]2C)c2c(cnc3[nH]ccc23)B1O. The molecule has 3 heterocycles. The van der Waals surface area contributed by atoms with Crippen LogP contribution in [0.15, 0.2) is 23.6 Å². The van der Waals surface area contributed by atoms with Crippen molar-refractivity contribution >= 4 is 29.3 Å². The Morgan fingerprint density at radius 3 is 3.08 bits per heavy atom. The average Bonchev–Trinajstić information content (AvgIpc) is 3.21. The van der Waals surface area contributed by atoms with Gasteiger partial charge in [-0.05, 0) is 50.5 Å². The van der Waals surface area contributed by atoms with Crippen LogP contribution < -0.4 is 5.46 Å². The van der Waals surface area contributed by atoms with Crippen molar-refractivity contribution in [1.82, 2.24) is 14.9 Å². The number of hydrogen-bond donors (Lipinski definition) is 3. The van der Waals surface area contributed by atoms with E-state index in [4.69, 9.17) is 5.10 Å². The lowest BCUT2D eigenvalue weighted by Crippen LogP contribution is -2.54. The Kier molecular flexibility index (Phi) is 3.50. The molecule has 6 nitrogen and oxygen atoms in total. The van der Waals surface area contributed by atoms with E-state index in [1.165, 1.54) is 0 Å². The predicted molar refractivity (Wildman–Crippen MR) is 102 cm³/mol. The second-order valence-corrected chi connectivity index (χ2v) is 8.38. The maximum atomic E-state index is 10.8. The van der Waals surface area contributed by atoms with Gasteiger partial charge in [0.05, 0.1) is 11.3 Å². The largest absolute Gasteiger partial charge is 0.468 e. The Morgan fingerprint density at radius 1 is 1.42 bits per heavy atom. The molecule has 2 fully saturated rings. The highest BCUT2D eigenvalue weighted by atomic mass is 16.3. The van der Waals surface area contributed by atoms with Crippen LogP contribution in [0.1, 0.15) is 45.1 Å². The van der Waals surface area contributed by atoms with Crippen molar-refractivity contribution in [3.63, 3.8) is 0 Å². The van der Waals surface area contributed by atoms with Crippen LogP contribution in [-0.2, 0) is 0 Å². The van der Waals surface area contributed by atoms with Crippen LogP contribution in [0, 0.1) is 17.8 Å². The molecule has 3 N–H and O–H groups in total. The van der Waals surface area contributed by atoms with E-state index in [-0.39, 0.29) is 0 Å². The third-order valence-corrected chi connectivity index (χ3v) is 6.75. The normalized spacial score (nSPS) is 33.5. The minimum atomic E-state index is -0.759. The first-order chi connectivity index (χ1) is 12.5. The minimum Gasteiger partial charge on any atom is -0.428 e. The number of aliphatic hydroxyl groups is 1. The molecule has 136 valence electrons. The van der Waals surface area contributed by atoms with Crippen molar-refractivity contribution < 1.29 is 10.1 Å². The van der Waals surface area contributed by atoms with Gasteiger partial charge in [-0.25, -0.2) is 4.98 Å². The predicted octanol–water partition coefficient (Wildman–Crippen LogP) is 1.48. The van der Waals surface area contributed by atoms with E-state index in [2.05, 4.69) is 16.9 Å². The number of nitrogens with one attached hydrogen (secondary N) is 1.